The molecule has 1 fully saturated rings. The zero-order valence-electron chi connectivity index (χ0n) is 22.0. The van der Waals surface area contributed by atoms with Crippen molar-refractivity contribution in [2.24, 2.45) is 0 Å². The number of fused-ring (bicyclic) bond motifs is 3. The Bertz CT molecular complexity index is 1360. The molecule has 1 saturated carbocycles. The van der Waals surface area contributed by atoms with Gasteiger partial charge in [0.2, 0.25) is 0 Å². The molecule has 3 aromatic rings. The van der Waals surface area contributed by atoms with Crippen LogP contribution in [0.3, 0.4) is 0 Å². The van der Waals surface area contributed by atoms with Gasteiger partial charge in [-0.3, -0.25) is 9.47 Å². The van der Waals surface area contributed by atoms with Crippen molar-refractivity contribution < 1.29 is 27.4 Å². The van der Waals surface area contributed by atoms with E-state index < -0.39 is 22.9 Å². The van der Waals surface area contributed by atoms with Crippen molar-refractivity contribution in [2.75, 3.05) is 0 Å². The molecule has 2 aromatic carbocycles. The Balaban J connectivity index is 1.36. The molecule has 2 aliphatic rings. The van der Waals surface area contributed by atoms with Crippen LogP contribution in [0.25, 0.3) is 5.69 Å². The van der Waals surface area contributed by atoms with Crippen LogP contribution >= 0.6 is 11.6 Å². The summed E-state index contributed by atoms with van der Waals surface area (Å²) in [7, 11) is 0. The van der Waals surface area contributed by atoms with Gasteiger partial charge in [0, 0.05) is 0 Å². The fourth-order valence-corrected chi connectivity index (χ4v) is 5.68. The molecule has 5 rings (SSSR count). The second-order valence-corrected chi connectivity index (χ2v) is 11.9. The van der Waals surface area contributed by atoms with Crippen LogP contribution in [0.1, 0.15) is 74.9 Å². The number of rotatable bonds is 3. The van der Waals surface area contributed by atoms with E-state index in [4.69, 9.17) is 16.3 Å². The van der Waals surface area contributed by atoms with Gasteiger partial charge in [-0.15, -0.1) is 35.0 Å². The number of hydrogen-bond donors (Lipinski definition) is 0. The first-order valence-electron chi connectivity index (χ1n) is 12.8. The zero-order chi connectivity index (χ0) is 28.0. The standard InChI is InChI=1S/C28H30ClF3N4O3/c1-26(2,3)39-25(37)35-15-20-13-21(7-8-23(20)36-17-33-34-24(36)16-35)27(29)11-9-18(10-12-27)19-5-4-6-22(14-19)38-28(30,31)32/h4-8,13-14,17-18H,9-12,15-16H2,1-3H3. The third kappa shape index (κ3) is 6.16. The van der Waals surface area contributed by atoms with E-state index in [2.05, 4.69) is 14.9 Å². The Labute approximate surface area is 229 Å². The fraction of sp³-hybridized carbons (Fsp3) is 0.464. The number of ether oxygens (including phenoxy) is 2. The monoisotopic (exact) mass is 562 g/mol. The number of halogens is 4. The lowest BCUT2D eigenvalue weighted by Crippen LogP contribution is -2.36. The minimum atomic E-state index is -4.73. The van der Waals surface area contributed by atoms with Crippen molar-refractivity contribution in [3.8, 4) is 11.4 Å². The first-order valence-corrected chi connectivity index (χ1v) is 13.2. The van der Waals surface area contributed by atoms with Gasteiger partial charge in [0.1, 0.15) is 17.7 Å². The van der Waals surface area contributed by atoms with Crippen LogP contribution in [-0.4, -0.2) is 37.7 Å². The fourth-order valence-electron chi connectivity index (χ4n) is 5.34. The third-order valence-electron chi connectivity index (χ3n) is 7.16. The first-order chi connectivity index (χ1) is 18.3. The highest BCUT2D eigenvalue weighted by Gasteiger charge is 2.37. The van der Waals surface area contributed by atoms with E-state index in [1.807, 2.05) is 49.6 Å². The largest absolute Gasteiger partial charge is 0.573 e. The maximum Gasteiger partial charge on any atom is 0.573 e. The van der Waals surface area contributed by atoms with Gasteiger partial charge in [0.05, 0.1) is 23.7 Å². The number of alkyl halides is 4. The highest BCUT2D eigenvalue weighted by atomic mass is 35.5. The number of carbonyl (C=O) groups is 1. The van der Waals surface area contributed by atoms with Crippen LogP contribution < -0.4 is 4.74 Å². The molecule has 0 bridgehead atoms. The summed E-state index contributed by atoms with van der Waals surface area (Å²) in [5.74, 6) is 0.498. The van der Waals surface area contributed by atoms with E-state index in [-0.39, 0.29) is 18.2 Å². The van der Waals surface area contributed by atoms with Gasteiger partial charge in [-0.05, 0) is 87.3 Å². The Kier molecular flexibility index (Phi) is 7.03. The molecule has 1 amide bonds. The molecule has 0 spiro atoms. The lowest BCUT2D eigenvalue weighted by molar-refractivity contribution is -0.274. The molecule has 0 unspecified atom stereocenters. The molecular weight excluding hydrogens is 533 g/mol. The molecule has 39 heavy (non-hydrogen) atoms. The summed E-state index contributed by atoms with van der Waals surface area (Å²) < 4.78 is 49.6. The number of aromatic nitrogens is 3. The van der Waals surface area contributed by atoms with Crippen LogP contribution in [0.4, 0.5) is 18.0 Å². The second-order valence-electron chi connectivity index (χ2n) is 11.2. The quantitative estimate of drug-likeness (QED) is 0.316. The van der Waals surface area contributed by atoms with Crippen molar-refractivity contribution in [1.82, 2.24) is 19.7 Å². The third-order valence-corrected chi connectivity index (χ3v) is 7.76. The van der Waals surface area contributed by atoms with E-state index in [0.29, 0.717) is 25.2 Å². The zero-order valence-corrected chi connectivity index (χ0v) is 22.7. The van der Waals surface area contributed by atoms with Crippen LogP contribution in [0, 0.1) is 0 Å². The predicted octanol–water partition coefficient (Wildman–Crippen LogP) is 7.21. The van der Waals surface area contributed by atoms with E-state index in [1.54, 1.807) is 17.3 Å². The maximum atomic E-state index is 13.0. The SMILES string of the molecule is CC(C)(C)OC(=O)N1Cc2cc(C3(Cl)CCC(c4cccc(OC(F)(F)F)c4)CC3)ccc2-n2cnnc2C1. The van der Waals surface area contributed by atoms with Gasteiger partial charge < -0.3 is 9.47 Å². The van der Waals surface area contributed by atoms with E-state index in [9.17, 15) is 18.0 Å². The second kappa shape index (κ2) is 10.0. The molecule has 1 aliphatic heterocycles. The van der Waals surface area contributed by atoms with Crippen LogP contribution in [0.5, 0.6) is 5.75 Å². The van der Waals surface area contributed by atoms with E-state index in [0.717, 1.165) is 35.2 Å². The van der Waals surface area contributed by atoms with Gasteiger partial charge in [0.15, 0.2) is 5.82 Å². The van der Waals surface area contributed by atoms with Gasteiger partial charge in [0.25, 0.3) is 0 Å². The van der Waals surface area contributed by atoms with E-state index in [1.165, 1.54) is 12.1 Å². The van der Waals surface area contributed by atoms with Crippen molar-refractivity contribution in [3.63, 3.8) is 0 Å². The minimum Gasteiger partial charge on any atom is -0.444 e. The van der Waals surface area contributed by atoms with Gasteiger partial charge >= 0.3 is 12.5 Å². The van der Waals surface area contributed by atoms with Crippen molar-refractivity contribution in [3.05, 3.63) is 71.3 Å². The summed E-state index contributed by atoms with van der Waals surface area (Å²) in [4.78, 5) is 14.0. The van der Waals surface area contributed by atoms with Crippen molar-refractivity contribution in [2.45, 2.75) is 82.3 Å². The molecule has 208 valence electrons. The molecule has 1 aliphatic carbocycles. The summed E-state index contributed by atoms with van der Waals surface area (Å²) >= 11 is 7.21. The summed E-state index contributed by atoms with van der Waals surface area (Å²) in [6, 6.07) is 12.2. The van der Waals surface area contributed by atoms with Crippen LogP contribution in [0.15, 0.2) is 48.8 Å². The van der Waals surface area contributed by atoms with Gasteiger partial charge in [-0.1, -0.05) is 24.3 Å². The van der Waals surface area contributed by atoms with Crippen LogP contribution in [0.2, 0.25) is 0 Å². The molecule has 11 heteroatoms. The molecule has 0 saturated heterocycles. The molecule has 2 heterocycles. The smallest absolute Gasteiger partial charge is 0.444 e. The first kappa shape index (κ1) is 27.3. The lowest BCUT2D eigenvalue weighted by atomic mass is 9.75. The number of hydrogen-bond acceptors (Lipinski definition) is 5. The maximum absolute atomic E-state index is 13.0. The summed E-state index contributed by atoms with van der Waals surface area (Å²) in [5.41, 5.74) is 2.89. The highest BCUT2D eigenvalue weighted by molar-refractivity contribution is 6.24. The molecule has 0 atom stereocenters. The Hall–Kier alpha value is -3.27. The number of amides is 1. The number of carbonyl (C=O) groups excluding carboxylic acids is 1. The molecule has 0 N–H and O–H groups in total. The van der Waals surface area contributed by atoms with Gasteiger partial charge in [-0.2, -0.15) is 0 Å². The highest BCUT2D eigenvalue weighted by Crippen LogP contribution is 2.48. The number of benzene rings is 2. The lowest BCUT2D eigenvalue weighted by Gasteiger charge is -2.36. The predicted molar refractivity (Wildman–Crippen MR) is 139 cm³/mol. The molecule has 7 nitrogen and oxygen atoms in total. The van der Waals surface area contributed by atoms with Crippen LogP contribution in [-0.2, 0) is 22.7 Å². The Morgan fingerprint density at radius 1 is 1.08 bits per heavy atom. The average Bonchev–Trinajstić information content (AvgIpc) is 3.24. The Morgan fingerprint density at radius 3 is 2.51 bits per heavy atom. The van der Waals surface area contributed by atoms with Crippen molar-refractivity contribution >= 4 is 17.7 Å². The number of nitrogens with zero attached hydrogens (tertiary/aromatic N) is 4. The summed E-state index contributed by atoms with van der Waals surface area (Å²) in [6.45, 7) is 6.05. The van der Waals surface area contributed by atoms with Crippen molar-refractivity contribution in [1.29, 1.82) is 0 Å². The summed E-state index contributed by atoms with van der Waals surface area (Å²) in [6.07, 6.45) is -0.801. The molecule has 1 aromatic heterocycles. The molecular formula is C28H30ClF3N4O3. The normalized spacial score (nSPS) is 21.5. The minimum absolute atomic E-state index is 0.0803. The topological polar surface area (TPSA) is 69.5 Å². The summed E-state index contributed by atoms with van der Waals surface area (Å²) in [5, 5.41) is 8.24. The molecule has 0 radical (unpaired) electrons. The Morgan fingerprint density at radius 2 is 1.82 bits per heavy atom. The van der Waals surface area contributed by atoms with Gasteiger partial charge in [-0.25, -0.2) is 4.79 Å². The van der Waals surface area contributed by atoms with E-state index >= 15 is 0 Å². The average molecular weight is 563 g/mol.